The second-order valence-corrected chi connectivity index (χ2v) is 7.08. The smallest absolute Gasteiger partial charge is 0.181 e. The van der Waals surface area contributed by atoms with E-state index in [9.17, 15) is 4.21 Å². The number of aromatic nitrogens is 1. The van der Waals surface area contributed by atoms with Crippen LogP contribution < -0.4 is 0 Å². The summed E-state index contributed by atoms with van der Waals surface area (Å²) in [7, 11) is -1.08. The summed E-state index contributed by atoms with van der Waals surface area (Å²) in [6.45, 7) is 0. The Balaban J connectivity index is 2.08. The Bertz CT molecular complexity index is 527. The molecule has 1 atom stereocenters. The van der Waals surface area contributed by atoms with Crippen molar-refractivity contribution in [2.75, 3.05) is 0 Å². The molecule has 2 aromatic rings. The van der Waals surface area contributed by atoms with E-state index >= 15 is 0 Å². The van der Waals surface area contributed by atoms with Crippen LogP contribution >= 0.6 is 38.9 Å². The second-order valence-electron chi connectivity index (χ2n) is 3.34. The highest BCUT2D eigenvalue weighted by molar-refractivity contribution is 9.08. The van der Waals surface area contributed by atoms with Crippen LogP contribution in [0.5, 0.6) is 0 Å². The zero-order chi connectivity index (χ0) is 12.3. The van der Waals surface area contributed by atoms with E-state index in [2.05, 4.69) is 20.9 Å². The van der Waals surface area contributed by atoms with Crippen LogP contribution in [-0.4, -0.2) is 9.19 Å². The van der Waals surface area contributed by atoms with Crippen LogP contribution in [0, 0.1) is 0 Å². The van der Waals surface area contributed by atoms with Crippen molar-refractivity contribution in [2.45, 2.75) is 15.4 Å². The van der Waals surface area contributed by atoms with E-state index < -0.39 is 10.8 Å². The Morgan fingerprint density at radius 3 is 2.65 bits per heavy atom. The molecule has 0 bridgehead atoms. The number of rotatable bonds is 4. The minimum absolute atomic E-state index is 0.479. The van der Waals surface area contributed by atoms with E-state index in [-0.39, 0.29) is 0 Å². The lowest BCUT2D eigenvalue weighted by Crippen LogP contribution is -1.95. The van der Waals surface area contributed by atoms with Gasteiger partial charge in [0.25, 0.3) is 0 Å². The van der Waals surface area contributed by atoms with Gasteiger partial charge in [-0.15, -0.1) is 11.3 Å². The molecular formula is C11H9BrClNOS2. The first kappa shape index (κ1) is 13.2. The number of nitrogens with zero attached hydrogens (tertiary/aromatic N) is 1. The van der Waals surface area contributed by atoms with E-state index in [1.807, 2.05) is 12.1 Å². The van der Waals surface area contributed by atoms with Crippen molar-refractivity contribution in [3.8, 4) is 0 Å². The SMILES string of the molecule is O=S(Cc1ccc(Cl)cc1)c1ncc(CBr)s1. The quantitative estimate of drug-likeness (QED) is 0.780. The van der Waals surface area contributed by atoms with E-state index in [4.69, 9.17) is 11.6 Å². The van der Waals surface area contributed by atoms with Gasteiger partial charge < -0.3 is 0 Å². The first-order valence-electron chi connectivity index (χ1n) is 4.82. The van der Waals surface area contributed by atoms with Gasteiger partial charge in [-0.25, -0.2) is 4.98 Å². The lowest BCUT2D eigenvalue weighted by atomic mass is 10.2. The van der Waals surface area contributed by atoms with Crippen molar-refractivity contribution in [3.63, 3.8) is 0 Å². The van der Waals surface area contributed by atoms with Crippen LogP contribution in [0.15, 0.2) is 34.8 Å². The Kier molecular flexibility index (Phi) is 4.73. The zero-order valence-electron chi connectivity index (χ0n) is 8.73. The number of halogens is 2. The molecule has 0 spiro atoms. The average Bonchev–Trinajstić information content (AvgIpc) is 2.81. The van der Waals surface area contributed by atoms with Crippen molar-refractivity contribution in [1.29, 1.82) is 0 Å². The molecule has 6 heteroatoms. The molecule has 1 aromatic heterocycles. The molecule has 1 unspecified atom stereocenters. The lowest BCUT2D eigenvalue weighted by molar-refractivity contribution is 0.682. The fourth-order valence-electron chi connectivity index (χ4n) is 1.25. The number of hydrogen-bond acceptors (Lipinski definition) is 3. The monoisotopic (exact) mass is 349 g/mol. The predicted molar refractivity (Wildman–Crippen MR) is 76.3 cm³/mol. The molecule has 0 amide bonds. The van der Waals surface area contributed by atoms with E-state index in [0.717, 1.165) is 15.8 Å². The maximum atomic E-state index is 12.0. The molecule has 1 heterocycles. The molecule has 0 fully saturated rings. The number of thiazole rings is 1. The fourth-order valence-corrected chi connectivity index (χ4v) is 4.01. The van der Waals surface area contributed by atoms with Gasteiger partial charge in [0, 0.05) is 21.4 Å². The van der Waals surface area contributed by atoms with Gasteiger partial charge in [-0.05, 0) is 17.7 Å². The molecule has 0 aliphatic rings. The Hall–Kier alpha value is -0.230. The molecule has 2 rings (SSSR count). The molecule has 1 aromatic carbocycles. The predicted octanol–water partition coefficient (Wildman–Crippen LogP) is 4.00. The van der Waals surface area contributed by atoms with Gasteiger partial charge in [-0.1, -0.05) is 39.7 Å². The van der Waals surface area contributed by atoms with Gasteiger partial charge in [0.15, 0.2) is 4.34 Å². The second kappa shape index (κ2) is 6.09. The van der Waals surface area contributed by atoms with Crippen molar-refractivity contribution < 1.29 is 4.21 Å². The normalized spacial score (nSPS) is 12.6. The highest BCUT2D eigenvalue weighted by Gasteiger charge is 2.10. The summed E-state index contributed by atoms with van der Waals surface area (Å²) in [5.41, 5.74) is 1.00. The first-order valence-corrected chi connectivity index (χ1v) is 8.46. The summed E-state index contributed by atoms with van der Waals surface area (Å²) >= 11 is 10.6. The molecular weight excluding hydrogens is 342 g/mol. The van der Waals surface area contributed by atoms with Crippen LogP contribution in [0.3, 0.4) is 0 Å². The van der Waals surface area contributed by atoms with Gasteiger partial charge in [-0.3, -0.25) is 4.21 Å². The molecule has 2 nitrogen and oxygen atoms in total. The molecule has 0 aliphatic carbocycles. The fraction of sp³-hybridized carbons (Fsp3) is 0.182. The third-order valence-corrected chi connectivity index (χ3v) is 5.99. The average molecular weight is 351 g/mol. The summed E-state index contributed by atoms with van der Waals surface area (Å²) in [5, 5.41) is 1.44. The van der Waals surface area contributed by atoms with E-state index in [1.165, 1.54) is 11.3 Å². The maximum Gasteiger partial charge on any atom is 0.181 e. The molecule has 0 aliphatic heterocycles. The van der Waals surface area contributed by atoms with Crippen molar-refractivity contribution in [1.82, 2.24) is 4.98 Å². The highest BCUT2D eigenvalue weighted by Crippen LogP contribution is 2.21. The maximum absolute atomic E-state index is 12.0. The van der Waals surface area contributed by atoms with E-state index in [0.29, 0.717) is 15.1 Å². The van der Waals surface area contributed by atoms with Gasteiger partial charge in [0.2, 0.25) is 0 Å². The molecule has 0 saturated heterocycles. The van der Waals surface area contributed by atoms with Crippen LogP contribution in [0.25, 0.3) is 0 Å². The molecule has 0 N–H and O–H groups in total. The summed E-state index contributed by atoms with van der Waals surface area (Å²) in [6, 6.07) is 7.39. The summed E-state index contributed by atoms with van der Waals surface area (Å²) in [6.07, 6.45) is 1.76. The van der Waals surface area contributed by atoms with Crippen LogP contribution in [0.1, 0.15) is 10.4 Å². The summed E-state index contributed by atoms with van der Waals surface area (Å²) < 4.78 is 12.7. The zero-order valence-corrected chi connectivity index (χ0v) is 12.7. The third-order valence-electron chi connectivity index (χ3n) is 2.07. The minimum atomic E-state index is -1.08. The lowest BCUT2D eigenvalue weighted by Gasteiger charge is -1.99. The number of alkyl halides is 1. The van der Waals surface area contributed by atoms with Crippen LogP contribution in [0.2, 0.25) is 5.02 Å². The van der Waals surface area contributed by atoms with Crippen molar-refractivity contribution in [3.05, 3.63) is 45.9 Å². The van der Waals surface area contributed by atoms with Gasteiger partial charge in [0.1, 0.15) is 0 Å². The largest absolute Gasteiger partial charge is 0.252 e. The Morgan fingerprint density at radius 1 is 1.35 bits per heavy atom. The first-order chi connectivity index (χ1) is 8.19. The minimum Gasteiger partial charge on any atom is -0.252 e. The Morgan fingerprint density at radius 2 is 2.06 bits per heavy atom. The number of benzene rings is 1. The number of hydrogen-bond donors (Lipinski definition) is 0. The highest BCUT2D eigenvalue weighted by atomic mass is 79.9. The van der Waals surface area contributed by atoms with E-state index in [1.54, 1.807) is 18.3 Å². The van der Waals surface area contributed by atoms with Crippen molar-refractivity contribution >= 4 is 49.7 Å². The topological polar surface area (TPSA) is 30.0 Å². The molecule has 0 saturated carbocycles. The summed E-state index contributed by atoms with van der Waals surface area (Å²) in [4.78, 5) is 5.25. The third kappa shape index (κ3) is 3.61. The molecule has 0 radical (unpaired) electrons. The van der Waals surface area contributed by atoms with Gasteiger partial charge in [0.05, 0.1) is 16.6 Å². The van der Waals surface area contributed by atoms with Crippen LogP contribution in [0.4, 0.5) is 0 Å². The standard InChI is InChI=1S/C11H9BrClNOS2/c12-5-10-6-14-11(16-10)17(15)7-8-1-3-9(13)4-2-8/h1-4,6H,5,7H2. The van der Waals surface area contributed by atoms with Gasteiger partial charge in [-0.2, -0.15) is 0 Å². The summed E-state index contributed by atoms with van der Waals surface area (Å²) in [5.74, 6) is 0.479. The van der Waals surface area contributed by atoms with Crippen LogP contribution in [-0.2, 0) is 21.9 Å². The van der Waals surface area contributed by atoms with Gasteiger partial charge >= 0.3 is 0 Å². The Labute approximate surface area is 120 Å². The van der Waals surface area contributed by atoms with Crippen molar-refractivity contribution in [2.24, 2.45) is 0 Å². The molecule has 17 heavy (non-hydrogen) atoms. The molecule has 90 valence electrons.